The number of pyridine rings is 2. The lowest BCUT2D eigenvalue weighted by atomic mass is 10.1. The fraction of sp³-hybridized carbons (Fsp3) is 0.258. The number of hydrogen-bond acceptors (Lipinski definition) is 6. The number of sulfonamides is 1. The van der Waals surface area contributed by atoms with Crippen LogP contribution in [0.2, 0.25) is 0 Å². The average Bonchev–Trinajstić information content (AvgIpc) is 3.48. The highest BCUT2D eigenvalue weighted by molar-refractivity contribution is 7.89. The van der Waals surface area contributed by atoms with Crippen LogP contribution in [-0.2, 0) is 21.4 Å². The van der Waals surface area contributed by atoms with Crippen molar-refractivity contribution in [1.29, 1.82) is 0 Å². The Morgan fingerprint density at radius 2 is 1.76 bits per heavy atom. The summed E-state index contributed by atoms with van der Waals surface area (Å²) in [5, 5.41) is 6.38. The number of nitrogens with zero attached hydrogens (tertiary/aromatic N) is 3. The highest BCUT2D eigenvalue weighted by Crippen LogP contribution is 2.28. The van der Waals surface area contributed by atoms with Gasteiger partial charge in [0, 0.05) is 31.0 Å². The molecule has 1 amide bonds. The van der Waals surface area contributed by atoms with Gasteiger partial charge < -0.3 is 10.6 Å². The van der Waals surface area contributed by atoms with Crippen LogP contribution in [0.15, 0.2) is 90.1 Å². The van der Waals surface area contributed by atoms with Gasteiger partial charge >= 0.3 is 0 Å². The predicted octanol–water partition coefficient (Wildman–Crippen LogP) is 5.23. The number of anilines is 1. The summed E-state index contributed by atoms with van der Waals surface area (Å²) in [5.41, 5.74) is 4.71. The van der Waals surface area contributed by atoms with Gasteiger partial charge in [-0.3, -0.25) is 9.78 Å². The molecule has 0 spiro atoms. The Morgan fingerprint density at radius 3 is 2.46 bits per heavy atom. The number of nitrogens with one attached hydrogen (secondary N) is 2. The molecular formula is C31H32FN5O3S. The Labute approximate surface area is 239 Å². The molecule has 1 saturated heterocycles. The van der Waals surface area contributed by atoms with E-state index >= 15 is 0 Å². The smallest absolute Gasteiger partial charge is 0.243 e. The van der Waals surface area contributed by atoms with Crippen molar-refractivity contribution >= 4 is 21.7 Å². The zero-order valence-corrected chi connectivity index (χ0v) is 23.7. The van der Waals surface area contributed by atoms with Crippen molar-refractivity contribution in [3.05, 3.63) is 108 Å². The maximum absolute atomic E-state index is 13.4. The zero-order valence-electron chi connectivity index (χ0n) is 22.9. The molecule has 0 bridgehead atoms. The SMILES string of the molecule is Cc1ccc(-c2cc(CNC(=O)[C@@H]3CCCN3S(=O)(=O)c3ccc(F)cc3)cc(NC(C)c3ccncc3)n2)cc1. The highest BCUT2D eigenvalue weighted by atomic mass is 32.2. The van der Waals surface area contributed by atoms with Crippen LogP contribution >= 0.6 is 0 Å². The molecule has 1 fully saturated rings. The first-order valence-electron chi connectivity index (χ1n) is 13.5. The molecule has 2 aromatic carbocycles. The van der Waals surface area contributed by atoms with Crippen LogP contribution in [0.25, 0.3) is 11.3 Å². The fourth-order valence-corrected chi connectivity index (χ4v) is 6.59. The summed E-state index contributed by atoms with van der Waals surface area (Å²) in [5.74, 6) is -0.245. The van der Waals surface area contributed by atoms with Gasteiger partial charge in [0.2, 0.25) is 15.9 Å². The van der Waals surface area contributed by atoms with E-state index < -0.39 is 21.9 Å². The van der Waals surface area contributed by atoms with E-state index in [1.165, 1.54) is 16.4 Å². The standard InChI is InChI=1S/C31H32FN5O3S/c1-21-5-7-25(8-6-21)28-18-23(19-30(36-28)35-22(2)24-13-15-33-16-14-24)20-34-31(38)29-4-3-17-37(29)41(39,40)27-11-9-26(32)10-12-27/h5-16,18-19,22,29H,3-4,17,20H2,1-2H3,(H,34,38)(H,35,36)/t22?,29-/m0/s1. The lowest BCUT2D eigenvalue weighted by Gasteiger charge is -2.23. The molecular weight excluding hydrogens is 541 g/mol. The lowest BCUT2D eigenvalue weighted by Crippen LogP contribution is -2.45. The monoisotopic (exact) mass is 573 g/mol. The summed E-state index contributed by atoms with van der Waals surface area (Å²) in [6, 6.07) is 19.5. The van der Waals surface area contributed by atoms with E-state index in [-0.39, 0.29) is 29.9 Å². The van der Waals surface area contributed by atoms with E-state index in [0.717, 1.165) is 40.1 Å². The average molecular weight is 574 g/mol. The first kappa shape index (κ1) is 28.4. The van der Waals surface area contributed by atoms with Crippen molar-refractivity contribution < 1.29 is 17.6 Å². The van der Waals surface area contributed by atoms with Crippen molar-refractivity contribution in [3.8, 4) is 11.3 Å². The van der Waals surface area contributed by atoms with Crippen molar-refractivity contribution in [2.24, 2.45) is 0 Å². The Bertz CT molecular complexity index is 1610. The van der Waals surface area contributed by atoms with Crippen LogP contribution in [0.1, 0.15) is 42.5 Å². The van der Waals surface area contributed by atoms with E-state index in [9.17, 15) is 17.6 Å². The molecule has 3 heterocycles. The Kier molecular flexibility index (Phi) is 8.41. The van der Waals surface area contributed by atoms with Gasteiger partial charge in [0.15, 0.2) is 0 Å². The first-order valence-corrected chi connectivity index (χ1v) is 14.9. The maximum atomic E-state index is 13.4. The van der Waals surface area contributed by atoms with Gasteiger partial charge in [-0.15, -0.1) is 0 Å². The largest absolute Gasteiger partial charge is 0.364 e. The molecule has 1 aliphatic heterocycles. The fourth-order valence-electron chi connectivity index (χ4n) is 4.93. The van der Waals surface area contributed by atoms with E-state index in [1.807, 2.05) is 62.4 Å². The lowest BCUT2D eigenvalue weighted by molar-refractivity contribution is -0.124. The molecule has 0 radical (unpaired) electrons. The molecule has 1 unspecified atom stereocenters. The van der Waals surface area contributed by atoms with E-state index in [1.54, 1.807) is 12.4 Å². The summed E-state index contributed by atoms with van der Waals surface area (Å²) in [6.07, 6.45) is 4.46. The summed E-state index contributed by atoms with van der Waals surface area (Å²) in [6.45, 7) is 4.48. The Morgan fingerprint density at radius 1 is 1.05 bits per heavy atom. The summed E-state index contributed by atoms with van der Waals surface area (Å²) in [7, 11) is -3.94. The van der Waals surface area contributed by atoms with E-state index in [2.05, 4.69) is 15.6 Å². The van der Waals surface area contributed by atoms with Crippen LogP contribution in [0.5, 0.6) is 0 Å². The summed E-state index contributed by atoms with van der Waals surface area (Å²) >= 11 is 0. The van der Waals surface area contributed by atoms with Crippen molar-refractivity contribution in [3.63, 3.8) is 0 Å². The van der Waals surface area contributed by atoms with Gasteiger partial charge in [-0.2, -0.15) is 4.31 Å². The molecule has 10 heteroatoms. The van der Waals surface area contributed by atoms with Crippen molar-refractivity contribution in [1.82, 2.24) is 19.6 Å². The quantitative estimate of drug-likeness (QED) is 0.284. The highest BCUT2D eigenvalue weighted by Gasteiger charge is 2.39. The third-order valence-electron chi connectivity index (χ3n) is 7.20. The summed E-state index contributed by atoms with van der Waals surface area (Å²) in [4.78, 5) is 22.2. The molecule has 5 rings (SSSR count). The second-order valence-corrected chi connectivity index (χ2v) is 12.1. The first-order chi connectivity index (χ1) is 19.7. The second-order valence-electron chi connectivity index (χ2n) is 10.2. The molecule has 1 aliphatic rings. The number of carbonyl (C=O) groups is 1. The second kappa shape index (κ2) is 12.2. The third kappa shape index (κ3) is 6.61. The van der Waals surface area contributed by atoms with E-state index in [4.69, 9.17) is 4.98 Å². The van der Waals surface area contributed by atoms with Crippen LogP contribution in [-0.4, -0.2) is 41.2 Å². The van der Waals surface area contributed by atoms with Crippen LogP contribution in [0, 0.1) is 12.7 Å². The van der Waals surface area contributed by atoms with Crippen LogP contribution < -0.4 is 10.6 Å². The van der Waals surface area contributed by atoms with Crippen LogP contribution in [0.4, 0.5) is 10.2 Å². The van der Waals surface area contributed by atoms with Crippen molar-refractivity contribution in [2.45, 2.75) is 50.2 Å². The van der Waals surface area contributed by atoms with Gasteiger partial charge in [-0.05, 0) is 86.3 Å². The molecule has 2 aromatic heterocycles. The number of carbonyl (C=O) groups excluding carboxylic acids is 1. The minimum absolute atomic E-state index is 0.0329. The van der Waals surface area contributed by atoms with Gasteiger partial charge in [0.1, 0.15) is 17.7 Å². The van der Waals surface area contributed by atoms with Gasteiger partial charge in [-0.25, -0.2) is 17.8 Å². The van der Waals surface area contributed by atoms with Crippen LogP contribution in [0.3, 0.4) is 0 Å². The Balaban J connectivity index is 1.36. The molecule has 2 N–H and O–H groups in total. The van der Waals surface area contributed by atoms with Gasteiger partial charge in [0.05, 0.1) is 16.6 Å². The van der Waals surface area contributed by atoms with Crippen molar-refractivity contribution in [2.75, 3.05) is 11.9 Å². The molecule has 212 valence electrons. The van der Waals surface area contributed by atoms with Gasteiger partial charge in [0.25, 0.3) is 0 Å². The molecule has 0 aliphatic carbocycles. The number of aromatic nitrogens is 2. The number of amides is 1. The molecule has 0 saturated carbocycles. The third-order valence-corrected chi connectivity index (χ3v) is 9.12. The van der Waals surface area contributed by atoms with Gasteiger partial charge in [-0.1, -0.05) is 29.8 Å². The zero-order chi connectivity index (χ0) is 29.0. The summed E-state index contributed by atoms with van der Waals surface area (Å²) < 4.78 is 41.0. The Hall–Kier alpha value is -4.15. The minimum Gasteiger partial charge on any atom is -0.364 e. The normalized spacial score (nSPS) is 16.3. The molecule has 4 aromatic rings. The molecule has 41 heavy (non-hydrogen) atoms. The molecule has 2 atom stereocenters. The number of hydrogen-bond donors (Lipinski definition) is 2. The number of aryl methyl sites for hydroxylation is 1. The topological polar surface area (TPSA) is 104 Å². The number of rotatable bonds is 9. The minimum atomic E-state index is -3.94. The predicted molar refractivity (Wildman–Crippen MR) is 156 cm³/mol. The number of benzene rings is 2. The molecule has 8 nitrogen and oxygen atoms in total. The maximum Gasteiger partial charge on any atom is 0.243 e. The van der Waals surface area contributed by atoms with E-state index in [0.29, 0.717) is 18.7 Å². The number of halogens is 1.